The molecule has 3 rings (SSSR count). The first kappa shape index (κ1) is 11.2. The minimum absolute atomic E-state index is 0.300. The topological polar surface area (TPSA) is 21.7 Å². The molecule has 0 bridgehead atoms. The fourth-order valence-corrected chi connectivity index (χ4v) is 2.62. The number of rotatable bonds is 3. The summed E-state index contributed by atoms with van der Waals surface area (Å²) in [5, 5.41) is 0. The summed E-state index contributed by atoms with van der Waals surface area (Å²) in [5.74, 6) is 0. The van der Waals surface area contributed by atoms with Crippen molar-refractivity contribution in [2.45, 2.75) is 19.1 Å². The average Bonchev–Trinajstić information content (AvgIpc) is 2.81. The Bertz CT molecular complexity index is 374. The Morgan fingerprint density at radius 3 is 2.88 bits per heavy atom. The highest BCUT2D eigenvalue weighted by Crippen LogP contribution is 2.32. The molecule has 0 radical (unpaired) electrons. The van der Waals surface area contributed by atoms with Crippen molar-refractivity contribution in [1.82, 2.24) is 4.90 Å². The van der Waals surface area contributed by atoms with Gasteiger partial charge in [-0.2, -0.15) is 0 Å². The summed E-state index contributed by atoms with van der Waals surface area (Å²) in [4.78, 5) is 2.47. The van der Waals surface area contributed by atoms with Crippen molar-refractivity contribution in [3.8, 4) is 0 Å². The molecule has 17 heavy (non-hydrogen) atoms. The van der Waals surface area contributed by atoms with Gasteiger partial charge in [-0.05, 0) is 17.5 Å². The van der Waals surface area contributed by atoms with Crippen LogP contribution in [0.25, 0.3) is 0 Å². The summed E-state index contributed by atoms with van der Waals surface area (Å²) < 4.78 is 11.2. The van der Waals surface area contributed by atoms with Crippen molar-refractivity contribution >= 4 is 0 Å². The van der Waals surface area contributed by atoms with Crippen molar-refractivity contribution in [3.63, 3.8) is 0 Å². The van der Waals surface area contributed by atoms with Crippen LogP contribution in [0.3, 0.4) is 0 Å². The van der Waals surface area contributed by atoms with Crippen LogP contribution in [-0.4, -0.2) is 37.7 Å². The van der Waals surface area contributed by atoms with Crippen LogP contribution in [0.5, 0.6) is 0 Å². The molecule has 2 heterocycles. The van der Waals surface area contributed by atoms with Crippen LogP contribution in [0.4, 0.5) is 0 Å². The lowest BCUT2D eigenvalue weighted by atomic mass is 10.0. The third-order valence-corrected chi connectivity index (χ3v) is 3.65. The van der Waals surface area contributed by atoms with Crippen molar-refractivity contribution in [2.75, 3.05) is 32.8 Å². The molecule has 0 spiro atoms. The van der Waals surface area contributed by atoms with Crippen LogP contribution in [0.1, 0.15) is 23.7 Å². The molecule has 0 saturated carbocycles. The Hall–Kier alpha value is -0.900. The molecule has 3 heteroatoms. The fraction of sp³-hybridized carbons (Fsp3) is 0.571. The standard InChI is InChI=1S/C14H19NO2/c1-2-4-13-12(3-1)11-17-14(13)5-6-15-7-9-16-10-8-15/h1-4,14H,5-11H2. The van der Waals surface area contributed by atoms with Crippen LogP contribution in [0.15, 0.2) is 24.3 Å². The van der Waals surface area contributed by atoms with Crippen LogP contribution < -0.4 is 0 Å². The normalized spacial score (nSPS) is 24.8. The summed E-state index contributed by atoms with van der Waals surface area (Å²) in [7, 11) is 0. The SMILES string of the molecule is c1ccc2c(c1)COC2CCN1CCOCC1. The molecule has 1 fully saturated rings. The number of ether oxygens (including phenoxy) is 2. The number of hydrogen-bond donors (Lipinski definition) is 0. The lowest BCUT2D eigenvalue weighted by Crippen LogP contribution is -2.37. The van der Waals surface area contributed by atoms with Gasteiger partial charge in [0.1, 0.15) is 0 Å². The number of nitrogens with zero attached hydrogens (tertiary/aromatic N) is 1. The smallest absolute Gasteiger partial charge is 0.0845 e. The molecular formula is C14H19NO2. The summed E-state index contributed by atoms with van der Waals surface area (Å²) in [5.41, 5.74) is 2.75. The molecule has 1 unspecified atom stereocenters. The van der Waals surface area contributed by atoms with Gasteiger partial charge in [0.15, 0.2) is 0 Å². The van der Waals surface area contributed by atoms with E-state index in [1.807, 2.05) is 0 Å². The molecule has 0 aromatic heterocycles. The molecule has 0 amide bonds. The molecule has 1 aromatic carbocycles. The maximum Gasteiger partial charge on any atom is 0.0845 e. The fourth-order valence-electron chi connectivity index (χ4n) is 2.62. The van der Waals surface area contributed by atoms with E-state index < -0.39 is 0 Å². The zero-order valence-electron chi connectivity index (χ0n) is 10.1. The monoisotopic (exact) mass is 233 g/mol. The molecule has 1 aromatic rings. The molecular weight excluding hydrogens is 214 g/mol. The van der Waals surface area contributed by atoms with E-state index >= 15 is 0 Å². The Morgan fingerprint density at radius 2 is 2.00 bits per heavy atom. The molecule has 92 valence electrons. The van der Waals surface area contributed by atoms with E-state index in [0.717, 1.165) is 45.9 Å². The van der Waals surface area contributed by atoms with Crippen molar-refractivity contribution < 1.29 is 9.47 Å². The first-order valence-electron chi connectivity index (χ1n) is 6.43. The summed E-state index contributed by atoms with van der Waals surface area (Å²) in [6.07, 6.45) is 1.39. The van der Waals surface area contributed by atoms with E-state index in [1.165, 1.54) is 11.1 Å². The number of benzene rings is 1. The Balaban J connectivity index is 1.56. The van der Waals surface area contributed by atoms with Crippen LogP contribution in [0.2, 0.25) is 0 Å². The zero-order valence-corrected chi connectivity index (χ0v) is 10.1. The number of fused-ring (bicyclic) bond motifs is 1. The predicted molar refractivity (Wildman–Crippen MR) is 65.8 cm³/mol. The lowest BCUT2D eigenvalue weighted by Gasteiger charge is -2.27. The van der Waals surface area contributed by atoms with Gasteiger partial charge in [0.05, 0.1) is 25.9 Å². The summed E-state index contributed by atoms with van der Waals surface area (Å²) in [6.45, 7) is 5.78. The van der Waals surface area contributed by atoms with E-state index in [2.05, 4.69) is 29.2 Å². The van der Waals surface area contributed by atoms with Gasteiger partial charge in [0, 0.05) is 19.6 Å². The van der Waals surface area contributed by atoms with Gasteiger partial charge in [0.25, 0.3) is 0 Å². The molecule has 1 atom stereocenters. The predicted octanol–water partition coefficient (Wildman–Crippen LogP) is 1.98. The van der Waals surface area contributed by atoms with Gasteiger partial charge in [-0.15, -0.1) is 0 Å². The van der Waals surface area contributed by atoms with Crippen LogP contribution >= 0.6 is 0 Å². The first-order chi connectivity index (χ1) is 8.43. The van der Waals surface area contributed by atoms with E-state index in [1.54, 1.807) is 0 Å². The van der Waals surface area contributed by atoms with E-state index in [0.29, 0.717) is 6.10 Å². The highest BCUT2D eigenvalue weighted by molar-refractivity contribution is 5.31. The van der Waals surface area contributed by atoms with Gasteiger partial charge in [-0.25, -0.2) is 0 Å². The van der Waals surface area contributed by atoms with E-state index in [9.17, 15) is 0 Å². The molecule has 3 nitrogen and oxygen atoms in total. The summed E-state index contributed by atoms with van der Waals surface area (Å²) >= 11 is 0. The second-order valence-electron chi connectivity index (χ2n) is 4.74. The van der Waals surface area contributed by atoms with Gasteiger partial charge < -0.3 is 9.47 Å². The molecule has 0 aliphatic carbocycles. The third kappa shape index (κ3) is 2.51. The lowest BCUT2D eigenvalue weighted by molar-refractivity contribution is 0.0172. The second-order valence-corrected chi connectivity index (χ2v) is 4.74. The molecule has 1 saturated heterocycles. The average molecular weight is 233 g/mol. The Kier molecular flexibility index (Phi) is 3.41. The minimum Gasteiger partial charge on any atom is -0.379 e. The Morgan fingerprint density at radius 1 is 1.18 bits per heavy atom. The van der Waals surface area contributed by atoms with Crippen molar-refractivity contribution in [3.05, 3.63) is 35.4 Å². The van der Waals surface area contributed by atoms with Gasteiger partial charge >= 0.3 is 0 Å². The maximum absolute atomic E-state index is 5.86. The highest BCUT2D eigenvalue weighted by atomic mass is 16.5. The third-order valence-electron chi connectivity index (χ3n) is 3.65. The molecule has 2 aliphatic rings. The quantitative estimate of drug-likeness (QED) is 0.797. The number of hydrogen-bond acceptors (Lipinski definition) is 3. The van der Waals surface area contributed by atoms with Gasteiger partial charge in [-0.3, -0.25) is 4.90 Å². The largest absolute Gasteiger partial charge is 0.379 e. The van der Waals surface area contributed by atoms with Crippen molar-refractivity contribution in [1.29, 1.82) is 0 Å². The molecule has 2 aliphatic heterocycles. The number of morpholine rings is 1. The summed E-state index contributed by atoms with van der Waals surface area (Å²) in [6, 6.07) is 8.57. The van der Waals surface area contributed by atoms with E-state index in [4.69, 9.17) is 9.47 Å². The Labute approximate surface area is 102 Å². The maximum atomic E-state index is 5.86. The van der Waals surface area contributed by atoms with Crippen LogP contribution in [0, 0.1) is 0 Å². The molecule has 0 N–H and O–H groups in total. The zero-order chi connectivity index (χ0) is 11.5. The van der Waals surface area contributed by atoms with Crippen molar-refractivity contribution in [2.24, 2.45) is 0 Å². The van der Waals surface area contributed by atoms with Gasteiger partial charge in [0.2, 0.25) is 0 Å². The van der Waals surface area contributed by atoms with Gasteiger partial charge in [-0.1, -0.05) is 24.3 Å². The minimum atomic E-state index is 0.300. The first-order valence-corrected chi connectivity index (χ1v) is 6.43. The highest BCUT2D eigenvalue weighted by Gasteiger charge is 2.23. The second kappa shape index (κ2) is 5.17. The van der Waals surface area contributed by atoms with E-state index in [-0.39, 0.29) is 0 Å². The van der Waals surface area contributed by atoms with Crippen LogP contribution in [-0.2, 0) is 16.1 Å².